The zero-order valence-corrected chi connectivity index (χ0v) is 14.7. The molecule has 1 amide bonds. The number of anilines is 1. The van der Waals surface area contributed by atoms with Crippen LogP contribution in [0.5, 0.6) is 5.75 Å². The molecular weight excluding hydrogens is 292 g/mol. The lowest BCUT2D eigenvalue weighted by Crippen LogP contribution is -2.74. The molecule has 0 bridgehead atoms. The van der Waals surface area contributed by atoms with Gasteiger partial charge in [-0.2, -0.15) is 0 Å². The molecule has 5 nitrogen and oxygen atoms in total. The normalized spacial score (nSPS) is 25.6. The van der Waals surface area contributed by atoms with E-state index >= 15 is 0 Å². The van der Waals surface area contributed by atoms with Crippen LogP contribution in [0, 0.1) is 12.3 Å². The second-order valence-corrected chi connectivity index (χ2v) is 6.71. The van der Waals surface area contributed by atoms with E-state index < -0.39 is 11.0 Å². The Morgan fingerprint density at radius 2 is 2.04 bits per heavy atom. The van der Waals surface area contributed by atoms with Crippen molar-refractivity contribution in [1.29, 1.82) is 0 Å². The van der Waals surface area contributed by atoms with E-state index in [-0.39, 0.29) is 12.0 Å². The number of hydrogen-bond acceptors (Lipinski definition) is 4. The molecule has 0 spiro atoms. The minimum atomic E-state index is -0.919. The van der Waals surface area contributed by atoms with Crippen LogP contribution in [0.15, 0.2) is 18.2 Å². The Hall–Kier alpha value is -1.59. The Bertz CT molecular complexity index is 586. The first-order chi connectivity index (χ1) is 10.8. The maximum Gasteiger partial charge on any atom is 0.245 e. The SMILES string of the molecule is CCOc1ccc(NC(=O)C2(N)CC(OCC)C2(C)C)c(C)c1. The lowest BCUT2D eigenvalue weighted by molar-refractivity contribution is -0.166. The van der Waals surface area contributed by atoms with E-state index in [4.69, 9.17) is 15.2 Å². The lowest BCUT2D eigenvalue weighted by atomic mass is 9.54. The Kier molecular flexibility index (Phi) is 5.01. The standard InChI is InChI=1S/C18H28N2O3/c1-6-22-13-8-9-14(12(3)10-13)20-16(21)18(19)11-15(23-7-2)17(18,4)5/h8-10,15H,6-7,11,19H2,1-5H3,(H,20,21). The van der Waals surface area contributed by atoms with Crippen LogP contribution < -0.4 is 15.8 Å². The van der Waals surface area contributed by atoms with E-state index in [2.05, 4.69) is 5.32 Å². The molecule has 0 saturated heterocycles. The van der Waals surface area contributed by atoms with E-state index in [1.807, 2.05) is 52.8 Å². The summed E-state index contributed by atoms with van der Waals surface area (Å²) in [6, 6.07) is 5.62. The van der Waals surface area contributed by atoms with Crippen LogP contribution in [-0.4, -0.2) is 30.8 Å². The first kappa shape index (κ1) is 17.8. The molecular formula is C18H28N2O3. The summed E-state index contributed by atoms with van der Waals surface area (Å²) in [5.41, 5.74) is 6.80. The molecule has 0 aromatic heterocycles. The highest BCUT2D eigenvalue weighted by Crippen LogP contribution is 2.50. The van der Waals surface area contributed by atoms with E-state index in [0.717, 1.165) is 17.0 Å². The van der Waals surface area contributed by atoms with Crippen LogP contribution in [-0.2, 0) is 9.53 Å². The van der Waals surface area contributed by atoms with Crippen LogP contribution in [0.25, 0.3) is 0 Å². The second-order valence-electron chi connectivity index (χ2n) is 6.71. The van der Waals surface area contributed by atoms with Gasteiger partial charge < -0.3 is 20.5 Å². The van der Waals surface area contributed by atoms with Crippen molar-refractivity contribution in [3.05, 3.63) is 23.8 Å². The summed E-state index contributed by atoms with van der Waals surface area (Å²) in [5.74, 6) is 0.636. The molecule has 2 atom stereocenters. The van der Waals surface area contributed by atoms with Crippen LogP contribution in [0.1, 0.15) is 39.7 Å². The van der Waals surface area contributed by atoms with Crippen molar-refractivity contribution < 1.29 is 14.3 Å². The maximum atomic E-state index is 12.7. The number of benzene rings is 1. The van der Waals surface area contributed by atoms with Gasteiger partial charge in [-0.25, -0.2) is 0 Å². The van der Waals surface area contributed by atoms with E-state index in [0.29, 0.717) is 19.6 Å². The van der Waals surface area contributed by atoms with Crippen LogP contribution in [0.3, 0.4) is 0 Å². The highest BCUT2D eigenvalue weighted by atomic mass is 16.5. The third kappa shape index (κ3) is 3.08. The third-order valence-electron chi connectivity index (χ3n) is 4.99. The zero-order valence-electron chi connectivity index (χ0n) is 14.7. The smallest absolute Gasteiger partial charge is 0.245 e. The van der Waals surface area contributed by atoms with Gasteiger partial charge in [-0.1, -0.05) is 13.8 Å². The van der Waals surface area contributed by atoms with Gasteiger partial charge in [0.05, 0.1) is 12.7 Å². The van der Waals surface area contributed by atoms with Crippen molar-refractivity contribution >= 4 is 11.6 Å². The number of rotatable bonds is 6. The van der Waals surface area contributed by atoms with Crippen molar-refractivity contribution in [3.8, 4) is 5.75 Å². The van der Waals surface area contributed by atoms with Gasteiger partial charge >= 0.3 is 0 Å². The molecule has 0 heterocycles. The van der Waals surface area contributed by atoms with E-state index in [1.165, 1.54) is 0 Å². The third-order valence-corrected chi connectivity index (χ3v) is 4.99. The first-order valence-electron chi connectivity index (χ1n) is 8.21. The number of amides is 1. The summed E-state index contributed by atoms with van der Waals surface area (Å²) >= 11 is 0. The Balaban J connectivity index is 2.11. The molecule has 1 saturated carbocycles. The van der Waals surface area contributed by atoms with Crippen molar-refractivity contribution in [2.75, 3.05) is 18.5 Å². The molecule has 23 heavy (non-hydrogen) atoms. The summed E-state index contributed by atoms with van der Waals surface area (Å²) < 4.78 is 11.1. The molecule has 1 fully saturated rings. The Morgan fingerprint density at radius 3 is 2.57 bits per heavy atom. The van der Waals surface area contributed by atoms with E-state index in [1.54, 1.807) is 0 Å². The number of ether oxygens (including phenoxy) is 2. The Morgan fingerprint density at radius 1 is 1.35 bits per heavy atom. The van der Waals surface area contributed by atoms with Gasteiger partial charge in [-0.3, -0.25) is 4.79 Å². The molecule has 1 aromatic carbocycles. The number of nitrogens with two attached hydrogens (primary N) is 1. The highest BCUT2D eigenvalue weighted by molar-refractivity contribution is 6.00. The van der Waals surface area contributed by atoms with Crippen LogP contribution >= 0.6 is 0 Å². The molecule has 1 aliphatic carbocycles. The first-order valence-corrected chi connectivity index (χ1v) is 8.21. The molecule has 2 rings (SSSR count). The van der Waals surface area contributed by atoms with E-state index in [9.17, 15) is 4.79 Å². The fourth-order valence-corrected chi connectivity index (χ4v) is 3.09. The van der Waals surface area contributed by atoms with Gasteiger partial charge in [0, 0.05) is 24.1 Å². The highest BCUT2D eigenvalue weighted by Gasteiger charge is 2.62. The molecule has 0 aliphatic heterocycles. The summed E-state index contributed by atoms with van der Waals surface area (Å²) in [6.07, 6.45) is 0.556. The predicted molar refractivity (Wildman–Crippen MR) is 91.7 cm³/mol. The predicted octanol–water partition coefficient (Wildman–Crippen LogP) is 2.86. The number of nitrogens with one attached hydrogen (secondary N) is 1. The minimum Gasteiger partial charge on any atom is -0.494 e. The summed E-state index contributed by atoms with van der Waals surface area (Å²) in [4.78, 5) is 12.7. The summed E-state index contributed by atoms with van der Waals surface area (Å²) in [6.45, 7) is 11.1. The largest absolute Gasteiger partial charge is 0.494 e. The molecule has 3 N–H and O–H groups in total. The summed E-state index contributed by atoms with van der Waals surface area (Å²) in [7, 11) is 0. The minimum absolute atomic E-state index is 0.0182. The number of aryl methyl sites for hydroxylation is 1. The van der Waals surface area contributed by atoms with Gasteiger partial charge in [0.25, 0.3) is 0 Å². The van der Waals surface area contributed by atoms with Gasteiger partial charge in [-0.05, 0) is 44.5 Å². The molecule has 5 heteroatoms. The molecule has 1 aromatic rings. The molecule has 128 valence electrons. The fourth-order valence-electron chi connectivity index (χ4n) is 3.09. The summed E-state index contributed by atoms with van der Waals surface area (Å²) in [5, 5.41) is 2.97. The maximum absolute atomic E-state index is 12.7. The molecule has 0 radical (unpaired) electrons. The number of carbonyl (C=O) groups excluding carboxylic acids is 1. The number of hydrogen-bond donors (Lipinski definition) is 2. The monoisotopic (exact) mass is 320 g/mol. The lowest BCUT2D eigenvalue weighted by Gasteiger charge is -2.57. The van der Waals surface area contributed by atoms with Crippen molar-refractivity contribution in [1.82, 2.24) is 0 Å². The average Bonchev–Trinajstić information content (AvgIpc) is 2.49. The second kappa shape index (κ2) is 6.49. The van der Waals surface area contributed by atoms with Crippen LogP contribution in [0.2, 0.25) is 0 Å². The average molecular weight is 320 g/mol. The number of carbonyl (C=O) groups is 1. The van der Waals surface area contributed by atoms with Gasteiger partial charge in [-0.15, -0.1) is 0 Å². The van der Waals surface area contributed by atoms with Crippen molar-refractivity contribution in [3.63, 3.8) is 0 Å². The quantitative estimate of drug-likeness (QED) is 0.845. The van der Waals surface area contributed by atoms with Gasteiger partial charge in [0.2, 0.25) is 5.91 Å². The zero-order chi connectivity index (χ0) is 17.3. The van der Waals surface area contributed by atoms with Gasteiger partial charge in [0.1, 0.15) is 11.3 Å². The molecule has 1 aliphatic rings. The molecule has 2 unspecified atom stereocenters. The topological polar surface area (TPSA) is 73.6 Å². The van der Waals surface area contributed by atoms with Gasteiger partial charge in [0.15, 0.2) is 0 Å². The Labute approximate surface area is 138 Å². The van der Waals surface area contributed by atoms with Crippen molar-refractivity contribution in [2.24, 2.45) is 11.1 Å². The van der Waals surface area contributed by atoms with Crippen LogP contribution in [0.4, 0.5) is 5.69 Å². The van der Waals surface area contributed by atoms with Crippen molar-refractivity contribution in [2.45, 2.75) is 52.7 Å². The fraction of sp³-hybridized carbons (Fsp3) is 0.611.